The minimum Gasteiger partial charge on any atom is -0.480 e. The van der Waals surface area contributed by atoms with E-state index in [2.05, 4.69) is 0 Å². The molecule has 1 aliphatic rings. The number of carbonyl (C=O) groups is 3. The first kappa shape index (κ1) is 18.8. The van der Waals surface area contributed by atoms with Gasteiger partial charge in [-0.25, -0.2) is 4.39 Å². The molecule has 1 fully saturated rings. The van der Waals surface area contributed by atoms with Gasteiger partial charge in [-0.2, -0.15) is 0 Å². The van der Waals surface area contributed by atoms with Crippen molar-refractivity contribution in [3.8, 4) is 0 Å². The Balaban J connectivity index is 2.01. The van der Waals surface area contributed by atoms with E-state index in [9.17, 15) is 23.9 Å². The number of benzene rings is 1. The number of carboxylic acids is 2. The van der Waals surface area contributed by atoms with E-state index < -0.39 is 30.3 Å². The summed E-state index contributed by atoms with van der Waals surface area (Å²) in [5.41, 5.74) is 0.746. The molecule has 1 aromatic carbocycles. The number of halogens is 1. The number of hydrogen-bond acceptors (Lipinski definition) is 4. The Morgan fingerprint density at radius 3 is 2.37 bits per heavy atom. The van der Waals surface area contributed by atoms with Crippen LogP contribution in [0.3, 0.4) is 0 Å². The van der Waals surface area contributed by atoms with Crippen LogP contribution in [0.1, 0.15) is 18.5 Å². The van der Waals surface area contributed by atoms with Crippen LogP contribution in [0, 0.1) is 5.82 Å². The van der Waals surface area contributed by atoms with Crippen LogP contribution in [0.5, 0.6) is 0 Å². The molecule has 144 valence electrons. The summed E-state index contributed by atoms with van der Waals surface area (Å²) in [5, 5.41) is 19.4. The zero-order chi connectivity index (χ0) is 19.7. The van der Waals surface area contributed by atoms with Crippen molar-refractivity contribution in [3.63, 3.8) is 0 Å². The second kappa shape index (κ2) is 7.36. The van der Waals surface area contributed by atoms with Crippen molar-refractivity contribution in [3.05, 3.63) is 35.8 Å². The molecule has 9 heteroatoms. The van der Waals surface area contributed by atoms with E-state index in [4.69, 9.17) is 5.11 Å². The van der Waals surface area contributed by atoms with Crippen LogP contribution in [0.15, 0.2) is 24.4 Å². The van der Waals surface area contributed by atoms with Crippen molar-refractivity contribution < 1.29 is 29.0 Å². The van der Waals surface area contributed by atoms with E-state index in [1.165, 1.54) is 35.9 Å². The molecular formula is C18H20FN3O5. The molecule has 0 unspecified atom stereocenters. The summed E-state index contributed by atoms with van der Waals surface area (Å²) < 4.78 is 15.0. The molecule has 0 saturated carbocycles. The highest BCUT2D eigenvalue weighted by molar-refractivity contribution is 5.90. The van der Waals surface area contributed by atoms with Gasteiger partial charge in [-0.1, -0.05) is 0 Å². The number of fused-ring (bicyclic) bond motifs is 1. The number of aliphatic carboxylic acids is 2. The van der Waals surface area contributed by atoms with Gasteiger partial charge in [0.05, 0.1) is 5.52 Å². The Morgan fingerprint density at radius 2 is 1.81 bits per heavy atom. The fourth-order valence-corrected chi connectivity index (χ4v) is 3.57. The molecule has 1 aliphatic heterocycles. The Morgan fingerprint density at radius 1 is 1.15 bits per heavy atom. The lowest BCUT2D eigenvalue weighted by molar-refractivity contribution is -0.145. The first-order valence-corrected chi connectivity index (χ1v) is 8.50. The lowest BCUT2D eigenvalue weighted by atomic mass is 10.0. The second-order valence-corrected chi connectivity index (χ2v) is 6.55. The maximum absolute atomic E-state index is 13.7. The molecule has 1 amide bonds. The number of aromatic nitrogens is 1. The molecule has 27 heavy (non-hydrogen) atoms. The van der Waals surface area contributed by atoms with E-state index in [-0.39, 0.29) is 5.91 Å². The molecule has 2 N–H and O–H groups in total. The molecule has 1 aromatic heterocycles. The van der Waals surface area contributed by atoms with E-state index >= 15 is 0 Å². The molecule has 1 atom stereocenters. The van der Waals surface area contributed by atoms with Crippen LogP contribution < -0.4 is 0 Å². The van der Waals surface area contributed by atoms with Gasteiger partial charge in [-0.05, 0) is 18.2 Å². The number of hydrogen-bond donors (Lipinski definition) is 2. The molecule has 0 spiro atoms. The molecular weight excluding hydrogens is 357 g/mol. The third-order valence-corrected chi connectivity index (χ3v) is 4.83. The average Bonchev–Trinajstić information content (AvgIpc) is 2.92. The molecule has 3 rings (SSSR count). The van der Waals surface area contributed by atoms with Crippen molar-refractivity contribution in [2.75, 3.05) is 26.2 Å². The topological polar surface area (TPSA) is 103 Å². The molecule has 8 nitrogen and oxygen atoms in total. The van der Waals surface area contributed by atoms with Gasteiger partial charge in [0.2, 0.25) is 5.91 Å². The van der Waals surface area contributed by atoms with Crippen LogP contribution in [-0.2, 0) is 20.9 Å². The minimum atomic E-state index is -1.11. The molecule has 0 aliphatic carbocycles. The van der Waals surface area contributed by atoms with Crippen molar-refractivity contribution in [1.82, 2.24) is 14.4 Å². The number of piperazine rings is 1. The lowest BCUT2D eigenvalue weighted by Crippen LogP contribution is -2.50. The fourth-order valence-electron chi connectivity index (χ4n) is 3.57. The first-order valence-electron chi connectivity index (χ1n) is 8.50. The van der Waals surface area contributed by atoms with Crippen LogP contribution in [0.4, 0.5) is 4.39 Å². The van der Waals surface area contributed by atoms with Crippen molar-refractivity contribution in [1.29, 1.82) is 0 Å². The predicted octanol–water partition coefficient (Wildman–Crippen LogP) is 1.15. The number of rotatable bonds is 5. The first-order chi connectivity index (χ1) is 12.8. The van der Waals surface area contributed by atoms with Crippen LogP contribution in [0.25, 0.3) is 10.9 Å². The molecule has 1 saturated heterocycles. The maximum Gasteiger partial charge on any atom is 0.325 e. The monoisotopic (exact) mass is 377 g/mol. The van der Waals surface area contributed by atoms with E-state index in [1.54, 1.807) is 9.80 Å². The summed E-state index contributed by atoms with van der Waals surface area (Å²) in [6, 6.07) is 2.89. The zero-order valence-electron chi connectivity index (χ0n) is 14.8. The van der Waals surface area contributed by atoms with Gasteiger partial charge in [0.15, 0.2) is 0 Å². The predicted molar refractivity (Wildman–Crippen MR) is 93.7 cm³/mol. The Hall–Kier alpha value is -2.94. The normalized spacial score (nSPS) is 16.4. The van der Waals surface area contributed by atoms with Crippen molar-refractivity contribution >= 4 is 28.7 Å². The van der Waals surface area contributed by atoms with E-state index in [0.29, 0.717) is 42.6 Å². The number of amides is 1. The molecule has 2 aromatic rings. The summed E-state index contributed by atoms with van der Waals surface area (Å²) >= 11 is 0. The smallest absolute Gasteiger partial charge is 0.325 e. The van der Waals surface area contributed by atoms with Gasteiger partial charge in [0.1, 0.15) is 18.4 Å². The van der Waals surface area contributed by atoms with Gasteiger partial charge < -0.3 is 19.7 Å². The summed E-state index contributed by atoms with van der Waals surface area (Å²) in [5.74, 6) is -2.77. The highest BCUT2D eigenvalue weighted by Gasteiger charge is 2.33. The highest BCUT2D eigenvalue weighted by Crippen LogP contribution is 2.32. The van der Waals surface area contributed by atoms with Gasteiger partial charge in [-0.3, -0.25) is 19.3 Å². The third-order valence-electron chi connectivity index (χ3n) is 4.83. The average molecular weight is 377 g/mol. The van der Waals surface area contributed by atoms with E-state index in [0.717, 1.165) is 0 Å². The van der Waals surface area contributed by atoms with Gasteiger partial charge in [0.25, 0.3) is 0 Å². The summed E-state index contributed by atoms with van der Waals surface area (Å²) in [4.78, 5) is 38.0. The Kier molecular flexibility index (Phi) is 5.13. The Bertz CT molecular complexity index is 902. The second-order valence-electron chi connectivity index (χ2n) is 6.55. The minimum absolute atomic E-state index is 0.0601. The Labute approximate surface area is 154 Å². The molecule has 0 radical (unpaired) electrons. The van der Waals surface area contributed by atoms with E-state index in [1.807, 2.05) is 0 Å². The number of carbonyl (C=O) groups excluding carboxylic acids is 1. The van der Waals surface area contributed by atoms with Gasteiger partial charge in [0, 0.05) is 50.2 Å². The number of carboxylic acid groups (broad SMARTS) is 2. The largest absolute Gasteiger partial charge is 0.480 e. The van der Waals surface area contributed by atoms with Crippen molar-refractivity contribution in [2.24, 2.45) is 0 Å². The van der Waals surface area contributed by atoms with Crippen molar-refractivity contribution in [2.45, 2.75) is 19.5 Å². The van der Waals surface area contributed by atoms with Crippen LogP contribution in [0.2, 0.25) is 0 Å². The van der Waals surface area contributed by atoms with Crippen LogP contribution >= 0.6 is 0 Å². The highest BCUT2D eigenvalue weighted by atomic mass is 19.1. The molecule has 0 bridgehead atoms. The maximum atomic E-state index is 13.7. The summed E-state index contributed by atoms with van der Waals surface area (Å²) in [7, 11) is 0. The quantitative estimate of drug-likeness (QED) is 0.810. The SMILES string of the molecule is CC(=O)N1CCN([C@@H](C(=O)O)c2cn(CC(=O)O)c3cc(F)ccc23)CC1. The zero-order valence-corrected chi connectivity index (χ0v) is 14.8. The van der Waals surface area contributed by atoms with Gasteiger partial charge >= 0.3 is 11.9 Å². The standard InChI is InChI=1S/C18H20FN3O5/c1-11(23)20-4-6-21(7-5-20)17(18(26)27)14-9-22(10-16(24)25)15-8-12(19)2-3-13(14)15/h2-3,8-9,17H,4-7,10H2,1H3,(H,24,25)(H,26,27)/t17-/m1/s1. The van der Waals surface area contributed by atoms with Gasteiger partial charge in [-0.15, -0.1) is 0 Å². The third kappa shape index (κ3) is 3.77. The molecule has 2 heterocycles. The summed E-state index contributed by atoms with van der Waals surface area (Å²) in [6.45, 7) is 2.67. The lowest BCUT2D eigenvalue weighted by Gasteiger charge is -2.37. The van der Waals surface area contributed by atoms with Crippen LogP contribution in [-0.4, -0.2) is 68.6 Å². The number of nitrogens with zero attached hydrogens (tertiary/aromatic N) is 3. The summed E-state index contributed by atoms with van der Waals surface area (Å²) in [6.07, 6.45) is 1.47. The fraction of sp³-hybridized carbons (Fsp3) is 0.389.